The number of amides is 2. The molecular weight excluding hydrogens is 665 g/mol. The Morgan fingerprint density at radius 1 is 0.891 bits per heavy atom. The number of sulfonamides is 1. The van der Waals surface area contributed by atoms with Gasteiger partial charge in [0.2, 0.25) is 11.8 Å². The Balaban J connectivity index is 1.83. The van der Waals surface area contributed by atoms with Crippen molar-refractivity contribution >= 4 is 62.5 Å². The van der Waals surface area contributed by atoms with Crippen LogP contribution < -0.4 is 14.4 Å². The number of carbonyl (C=O) groups is 2. The minimum absolute atomic E-state index is 0.00701. The molecule has 1 atom stereocenters. The molecule has 0 aliphatic rings. The minimum atomic E-state index is -4.29. The zero-order chi connectivity index (χ0) is 33.3. The van der Waals surface area contributed by atoms with E-state index in [1.54, 1.807) is 61.5 Å². The Labute approximate surface area is 284 Å². The monoisotopic (exact) mass is 699 g/mol. The number of likely N-dealkylation sites (N-methyl/N-ethyl adjacent to an activating group) is 1. The summed E-state index contributed by atoms with van der Waals surface area (Å²) in [6.07, 6.45) is 2.08. The molecule has 0 aromatic heterocycles. The highest BCUT2D eigenvalue weighted by molar-refractivity contribution is 7.98. The number of hydrogen-bond acceptors (Lipinski definition) is 6. The summed E-state index contributed by atoms with van der Waals surface area (Å²) in [5, 5.41) is 3.30. The molecule has 0 aliphatic heterocycles. The molecule has 0 bridgehead atoms. The summed E-state index contributed by atoms with van der Waals surface area (Å²) in [5.74, 6) is -0.717. The lowest BCUT2D eigenvalue weighted by molar-refractivity contribution is -0.139. The number of ether oxygens (including phenoxy) is 1. The predicted molar refractivity (Wildman–Crippen MR) is 185 cm³/mol. The third-order valence-electron chi connectivity index (χ3n) is 7.21. The number of para-hydroxylation sites is 2. The summed E-state index contributed by atoms with van der Waals surface area (Å²) in [6, 6.07) is 26.4. The van der Waals surface area contributed by atoms with E-state index < -0.39 is 34.4 Å². The molecule has 0 unspecified atom stereocenters. The van der Waals surface area contributed by atoms with Crippen molar-refractivity contribution in [3.63, 3.8) is 0 Å². The van der Waals surface area contributed by atoms with Crippen molar-refractivity contribution in [2.45, 2.75) is 35.7 Å². The highest BCUT2D eigenvalue weighted by Crippen LogP contribution is 2.33. The Morgan fingerprint density at radius 3 is 2.20 bits per heavy atom. The first-order chi connectivity index (χ1) is 22.1. The van der Waals surface area contributed by atoms with Crippen LogP contribution in [-0.4, -0.2) is 57.6 Å². The molecular formula is C34H35Cl2N3O5S2. The number of carbonyl (C=O) groups excluding carboxylic acids is 2. The van der Waals surface area contributed by atoms with Gasteiger partial charge in [-0.1, -0.05) is 71.7 Å². The average molecular weight is 701 g/mol. The predicted octanol–water partition coefficient (Wildman–Crippen LogP) is 6.70. The topological polar surface area (TPSA) is 96.0 Å². The van der Waals surface area contributed by atoms with Crippen molar-refractivity contribution in [2.75, 3.05) is 30.8 Å². The van der Waals surface area contributed by atoms with Crippen molar-refractivity contribution in [3.8, 4) is 5.75 Å². The lowest BCUT2D eigenvalue weighted by Gasteiger charge is -2.34. The van der Waals surface area contributed by atoms with E-state index in [2.05, 4.69) is 5.32 Å². The van der Waals surface area contributed by atoms with Crippen LogP contribution in [0.25, 0.3) is 0 Å². The quantitative estimate of drug-likeness (QED) is 0.147. The second-order valence-corrected chi connectivity index (χ2v) is 13.7. The highest BCUT2D eigenvalue weighted by Gasteiger charge is 2.35. The zero-order valence-electron chi connectivity index (χ0n) is 25.7. The fourth-order valence-electron chi connectivity index (χ4n) is 4.88. The summed E-state index contributed by atoms with van der Waals surface area (Å²) in [5.41, 5.74) is 1.63. The van der Waals surface area contributed by atoms with Gasteiger partial charge < -0.3 is 15.0 Å². The fourth-order valence-corrected chi connectivity index (χ4v) is 7.04. The maximum absolute atomic E-state index is 14.5. The molecule has 0 aliphatic carbocycles. The molecule has 4 rings (SSSR count). The van der Waals surface area contributed by atoms with Gasteiger partial charge in [-0.2, -0.15) is 0 Å². The Hall–Kier alpha value is -3.70. The molecule has 46 heavy (non-hydrogen) atoms. The van der Waals surface area contributed by atoms with Crippen LogP contribution in [0.15, 0.2) is 107 Å². The molecule has 2 amide bonds. The summed E-state index contributed by atoms with van der Waals surface area (Å²) < 4.78 is 35.5. The first-order valence-electron chi connectivity index (χ1n) is 14.5. The van der Waals surface area contributed by atoms with E-state index in [4.69, 9.17) is 27.9 Å². The molecule has 0 saturated carbocycles. The molecule has 12 heteroatoms. The lowest BCUT2D eigenvalue weighted by atomic mass is 10.0. The van der Waals surface area contributed by atoms with E-state index >= 15 is 0 Å². The fraction of sp³-hybridized carbons (Fsp3) is 0.235. The molecule has 4 aromatic rings. The van der Waals surface area contributed by atoms with Crippen molar-refractivity contribution in [1.29, 1.82) is 0 Å². The number of nitrogens with zero attached hydrogens (tertiary/aromatic N) is 2. The number of hydrogen-bond donors (Lipinski definition) is 1. The van der Waals surface area contributed by atoms with Gasteiger partial charge in [0.15, 0.2) is 0 Å². The molecule has 0 fully saturated rings. The Kier molecular flexibility index (Phi) is 12.4. The lowest BCUT2D eigenvalue weighted by Crippen LogP contribution is -2.53. The normalized spacial score (nSPS) is 11.8. The van der Waals surface area contributed by atoms with Crippen LogP contribution in [0.4, 0.5) is 5.69 Å². The highest BCUT2D eigenvalue weighted by atomic mass is 35.5. The van der Waals surface area contributed by atoms with Gasteiger partial charge in [0.1, 0.15) is 18.3 Å². The number of anilines is 1. The van der Waals surface area contributed by atoms with Crippen LogP contribution in [0.1, 0.15) is 18.1 Å². The smallest absolute Gasteiger partial charge is 0.264 e. The van der Waals surface area contributed by atoms with E-state index in [-0.39, 0.29) is 35.2 Å². The van der Waals surface area contributed by atoms with Crippen LogP contribution in [0.5, 0.6) is 5.75 Å². The summed E-state index contributed by atoms with van der Waals surface area (Å²) in [4.78, 5) is 30.2. The number of benzene rings is 4. The van der Waals surface area contributed by atoms with Gasteiger partial charge in [0.05, 0.1) is 27.2 Å². The minimum Gasteiger partial charge on any atom is -0.492 e. The summed E-state index contributed by atoms with van der Waals surface area (Å²) >= 11 is 14.0. The van der Waals surface area contributed by atoms with Crippen LogP contribution in [0, 0.1) is 0 Å². The van der Waals surface area contributed by atoms with Crippen LogP contribution in [0.2, 0.25) is 10.0 Å². The number of rotatable bonds is 14. The summed E-state index contributed by atoms with van der Waals surface area (Å²) in [6.45, 7) is 1.42. The van der Waals surface area contributed by atoms with Crippen LogP contribution in [0.3, 0.4) is 0 Å². The van der Waals surface area contributed by atoms with Crippen molar-refractivity contribution < 1.29 is 22.7 Å². The van der Waals surface area contributed by atoms with Gasteiger partial charge in [-0.3, -0.25) is 13.9 Å². The molecule has 0 radical (unpaired) electrons. The largest absolute Gasteiger partial charge is 0.492 e. The number of thioether (sulfide) groups is 1. The van der Waals surface area contributed by atoms with Gasteiger partial charge in [0.25, 0.3) is 10.0 Å². The number of nitrogens with one attached hydrogen (secondary N) is 1. The van der Waals surface area contributed by atoms with Gasteiger partial charge in [-0.15, -0.1) is 11.8 Å². The molecule has 8 nitrogen and oxygen atoms in total. The molecule has 0 heterocycles. The van der Waals surface area contributed by atoms with Gasteiger partial charge in [-0.25, -0.2) is 8.42 Å². The molecule has 0 saturated heterocycles. The van der Waals surface area contributed by atoms with Gasteiger partial charge >= 0.3 is 0 Å². The standard InChI is InChI=1S/C34H35Cl2N3O5S2/c1-4-44-32-13-9-8-12-30(32)39(46(42,43)27-17-15-26(45-3)16-18-27)23-33(40)38(22-25-14-19-28(35)29(36)20-25)31(34(41)37-2)21-24-10-6-5-7-11-24/h5-20,31H,4,21-23H2,1-3H3,(H,37,41)/t31-/m1/s1. The maximum atomic E-state index is 14.5. The van der Waals surface area contributed by atoms with Crippen molar-refractivity contribution in [3.05, 3.63) is 118 Å². The Morgan fingerprint density at radius 2 is 1.57 bits per heavy atom. The van der Waals surface area contributed by atoms with E-state index in [0.717, 1.165) is 14.8 Å². The van der Waals surface area contributed by atoms with Crippen LogP contribution in [-0.2, 0) is 32.6 Å². The second kappa shape index (κ2) is 16.2. The molecule has 242 valence electrons. The Bertz CT molecular complexity index is 1760. The number of halogens is 2. The van der Waals surface area contributed by atoms with Crippen LogP contribution >= 0.6 is 35.0 Å². The van der Waals surface area contributed by atoms with E-state index in [9.17, 15) is 18.0 Å². The second-order valence-electron chi connectivity index (χ2n) is 10.2. The SMILES string of the molecule is CCOc1ccccc1N(CC(=O)N(Cc1ccc(Cl)c(Cl)c1)[C@H](Cc1ccccc1)C(=O)NC)S(=O)(=O)c1ccc(SC)cc1. The van der Waals surface area contributed by atoms with Crippen molar-refractivity contribution in [1.82, 2.24) is 10.2 Å². The van der Waals surface area contributed by atoms with Gasteiger partial charge in [-0.05, 0) is 72.8 Å². The zero-order valence-corrected chi connectivity index (χ0v) is 28.8. The van der Waals surface area contributed by atoms with E-state index in [0.29, 0.717) is 16.3 Å². The van der Waals surface area contributed by atoms with E-state index in [1.807, 2.05) is 36.6 Å². The van der Waals surface area contributed by atoms with Crippen molar-refractivity contribution in [2.24, 2.45) is 0 Å². The summed E-state index contributed by atoms with van der Waals surface area (Å²) in [7, 11) is -2.79. The van der Waals surface area contributed by atoms with Gasteiger partial charge in [0, 0.05) is 24.9 Å². The molecule has 4 aromatic carbocycles. The first kappa shape index (κ1) is 35.2. The molecule has 0 spiro atoms. The first-order valence-corrected chi connectivity index (χ1v) is 17.9. The molecule has 1 N–H and O–H groups in total. The average Bonchev–Trinajstić information content (AvgIpc) is 3.07. The third-order valence-corrected chi connectivity index (χ3v) is 10.5. The maximum Gasteiger partial charge on any atom is 0.264 e. The van der Waals surface area contributed by atoms with E-state index in [1.165, 1.54) is 35.8 Å². The third kappa shape index (κ3) is 8.55.